The molecule has 14 heavy (non-hydrogen) atoms. The Balaban J connectivity index is 2.63. The summed E-state index contributed by atoms with van der Waals surface area (Å²) in [6, 6.07) is 5.06. The molecule has 0 saturated carbocycles. The van der Waals surface area contributed by atoms with Crippen molar-refractivity contribution in [3.05, 3.63) is 40.4 Å². The first-order valence-corrected chi connectivity index (χ1v) is 5.23. The Morgan fingerprint density at radius 2 is 2.07 bits per heavy atom. The summed E-state index contributed by atoms with van der Waals surface area (Å²) in [5.74, 6) is 0.966. The highest BCUT2D eigenvalue weighted by Gasteiger charge is 2.02. The van der Waals surface area contributed by atoms with Crippen molar-refractivity contribution in [2.45, 2.75) is 0 Å². The van der Waals surface area contributed by atoms with Crippen molar-refractivity contribution in [1.29, 1.82) is 0 Å². The molecule has 0 atom stereocenters. The van der Waals surface area contributed by atoms with Gasteiger partial charge < -0.3 is 4.74 Å². The molecule has 0 aliphatic carbocycles. The molecule has 4 heteroatoms. The lowest BCUT2D eigenvalue weighted by Gasteiger charge is -2.08. The molecule has 0 fully saturated rings. The first kappa shape index (κ1) is 11.7. The second kappa shape index (κ2) is 5.50. The minimum absolute atomic E-state index is 0.366. The van der Waals surface area contributed by atoms with Gasteiger partial charge in [0.2, 0.25) is 0 Å². The third-order valence-corrected chi connectivity index (χ3v) is 2.42. The number of halogens is 3. The Bertz CT molecular complexity index is 336. The lowest BCUT2D eigenvalue weighted by atomic mass is 10.3. The molecule has 0 bridgehead atoms. The highest BCUT2D eigenvalue weighted by atomic mass is 35.5. The minimum atomic E-state index is 0.366. The molecular weight excluding hydrogens is 242 g/mol. The van der Waals surface area contributed by atoms with Crippen LogP contribution in [0.2, 0.25) is 10.0 Å². The summed E-state index contributed by atoms with van der Waals surface area (Å²) in [4.78, 5) is 0. The predicted molar refractivity (Wildman–Crippen MR) is 61.8 cm³/mol. The van der Waals surface area contributed by atoms with Gasteiger partial charge in [0, 0.05) is 10.9 Å². The van der Waals surface area contributed by atoms with E-state index in [1.165, 1.54) is 0 Å². The maximum absolute atomic E-state index is 5.88. The molecule has 0 radical (unpaired) electrons. The van der Waals surface area contributed by atoms with Crippen molar-refractivity contribution < 1.29 is 4.74 Å². The van der Waals surface area contributed by atoms with E-state index in [9.17, 15) is 0 Å². The summed E-state index contributed by atoms with van der Waals surface area (Å²) >= 11 is 17.2. The predicted octanol–water partition coefficient (Wildman–Crippen LogP) is 4.17. The van der Waals surface area contributed by atoms with Gasteiger partial charge in [0.05, 0.1) is 5.02 Å². The van der Waals surface area contributed by atoms with E-state index in [2.05, 4.69) is 6.58 Å². The molecule has 0 aromatic heterocycles. The number of benzene rings is 1. The van der Waals surface area contributed by atoms with Crippen LogP contribution in [0, 0.1) is 0 Å². The molecule has 0 aliphatic rings. The molecule has 1 nitrogen and oxygen atoms in total. The molecule has 0 unspecified atom stereocenters. The molecule has 0 N–H and O–H groups in total. The maximum Gasteiger partial charge on any atom is 0.138 e. The molecule has 0 amide bonds. The van der Waals surface area contributed by atoms with Gasteiger partial charge in [-0.25, -0.2) is 0 Å². The van der Waals surface area contributed by atoms with Gasteiger partial charge in [-0.1, -0.05) is 29.8 Å². The van der Waals surface area contributed by atoms with Gasteiger partial charge in [-0.2, -0.15) is 0 Å². The zero-order chi connectivity index (χ0) is 10.6. The SMILES string of the molecule is C=C(CCl)COc1ccc(Cl)cc1Cl. The normalized spacial score (nSPS) is 9.93. The lowest BCUT2D eigenvalue weighted by Crippen LogP contribution is -2.01. The molecule has 1 aromatic rings. The van der Waals surface area contributed by atoms with Crippen molar-refractivity contribution in [3.8, 4) is 5.75 Å². The summed E-state index contributed by atoms with van der Waals surface area (Å²) in [5.41, 5.74) is 0.803. The van der Waals surface area contributed by atoms with Crippen molar-refractivity contribution in [3.63, 3.8) is 0 Å². The smallest absolute Gasteiger partial charge is 0.138 e. The maximum atomic E-state index is 5.88. The molecule has 1 aromatic carbocycles. The van der Waals surface area contributed by atoms with Crippen molar-refractivity contribution in [2.24, 2.45) is 0 Å². The summed E-state index contributed by atoms with van der Waals surface area (Å²) < 4.78 is 5.37. The van der Waals surface area contributed by atoms with Gasteiger partial charge in [0.1, 0.15) is 12.4 Å². The van der Waals surface area contributed by atoms with Gasteiger partial charge >= 0.3 is 0 Å². The topological polar surface area (TPSA) is 9.23 Å². The Labute approximate surface area is 98.2 Å². The van der Waals surface area contributed by atoms with Crippen molar-refractivity contribution in [2.75, 3.05) is 12.5 Å². The van der Waals surface area contributed by atoms with Crippen LogP contribution >= 0.6 is 34.8 Å². The van der Waals surface area contributed by atoms with E-state index >= 15 is 0 Å². The standard InChI is InChI=1S/C10H9Cl3O/c1-7(5-11)6-14-10-3-2-8(12)4-9(10)13/h2-4H,1,5-6H2. The molecule has 76 valence electrons. The first-order chi connectivity index (χ1) is 6.63. The number of hydrogen-bond donors (Lipinski definition) is 0. The van der Waals surface area contributed by atoms with Crippen LogP contribution in [0.5, 0.6) is 5.75 Å². The van der Waals surface area contributed by atoms with E-state index in [0.717, 1.165) is 5.57 Å². The van der Waals surface area contributed by atoms with Gasteiger partial charge in [0.15, 0.2) is 0 Å². The third kappa shape index (κ3) is 3.41. The first-order valence-electron chi connectivity index (χ1n) is 3.94. The molecule has 0 heterocycles. The minimum Gasteiger partial charge on any atom is -0.488 e. The number of ether oxygens (including phenoxy) is 1. The van der Waals surface area contributed by atoms with Gasteiger partial charge in [0.25, 0.3) is 0 Å². The number of alkyl halides is 1. The number of rotatable bonds is 4. The molecule has 0 saturated heterocycles. The van der Waals surface area contributed by atoms with E-state index in [4.69, 9.17) is 39.5 Å². The zero-order valence-electron chi connectivity index (χ0n) is 7.40. The van der Waals surface area contributed by atoms with E-state index in [1.807, 2.05) is 0 Å². The van der Waals surface area contributed by atoms with Gasteiger partial charge in [-0.05, 0) is 23.8 Å². The van der Waals surface area contributed by atoms with Crippen molar-refractivity contribution in [1.82, 2.24) is 0 Å². The monoisotopic (exact) mass is 250 g/mol. The molecule has 0 spiro atoms. The average molecular weight is 252 g/mol. The van der Waals surface area contributed by atoms with Gasteiger partial charge in [-0.15, -0.1) is 11.6 Å². The lowest BCUT2D eigenvalue weighted by molar-refractivity contribution is 0.353. The van der Waals surface area contributed by atoms with E-state index in [0.29, 0.717) is 28.3 Å². The zero-order valence-corrected chi connectivity index (χ0v) is 9.66. The molecule has 0 aliphatic heterocycles. The summed E-state index contributed by atoms with van der Waals surface area (Å²) in [5, 5.41) is 1.07. The number of hydrogen-bond acceptors (Lipinski definition) is 1. The Morgan fingerprint density at radius 3 is 2.64 bits per heavy atom. The van der Waals surface area contributed by atoms with Crippen LogP contribution in [-0.4, -0.2) is 12.5 Å². The fraction of sp³-hybridized carbons (Fsp3) is 0.200. The average Bonchev–Trinajstić information content (AvgIpc) is 2.16. The van der Waals surface area contributed by atoms with E-state index < -0.39 is 0 Å². The quantitative estimate of drug-likeness (QED) is 0.576. The fourth-order valence-corrected chi connectivity index (χ4v) is 1.35. The Hall–Kier alpha value is -0.370. The van der Waals surface area contributed by atoms with Crippen molar-refractivity contribution >= 4 is 34.8 Å². The fourth-order valence-electron chi connectivity index (χ4n) is 0.811. The van der Waals surface area contributed by atoms with Crippen LogP contribution < -0.4 is 4.74 Å². The van der Waals surface area contributed by atoms with E-state index in [-0.39, 0.29) is 0 Å². The van der Waals surface area contributed by atoms with Crippen LogP contribution in [0.15, 0.2) is 30.4 Å². The summed E-state index contributed by atoms with van der Waals surface area (Å²) in [6.07, 6.45) is 0. The van der Waals surface area contributed by atoms with Crippen LogP contribution in [0.1, 0.15) is 0 Å². The molecular formula is C10H9Cl3O. The third-order valence-electron chi connectivity index (χ3n) is 1.51. The Morgan fingerprint density at radius 1 is 1.36 bits per heavy atom. The Kier molecular flexibility index (Phi) is 4.59. The van der Waals surface area contributed by atoms with Gasteiger partial charge in [-0.3, -0.25) is 0 Å². The van der Waals surface area contributed by atoms with Crippen LogP contribution in [0.25, 0.3) is 0 Å². The highest BCUT2D eigenvalue weighted by Crippen LogP contribution is 2.27. The van der Waals surface area contributed by atoms with Crippen LogP contribution in [0.4, 0.5) is 0 Å². The van der Waals surface area contributed by atoms with Crippen LogP contribution in [-0.2, 0) is 0 Å². The largest absolute Gasteiger partial charge is 0.488 e. The highest BCUT2D eigenvalue weighted by molar-refractivity contribution is 6.35. The summed E-state index contributed by atoms with van der Waals surface area (Å²) in [7, 11) is 0. The summed E-state index contributed by atoms with van der Waals surface area (Å²) in [6.45, 7) is 4.08. The second-order valence-corrected chi connectivity index (χ2v) is 3.86. The second-order valence-electron chi connectivity index (χ2n) is 2.75. The van der Waals surface area contributed by atoms with E-state index in [1.54, 1.807) is 18.2 Å². The van der Waals surface area contributed by atoms with Crippen LogP contribution in [0.3, 0.4) is 0 Å². The molecule has 1 rings (SSSR count).